The van der Waals surface area contributed by atoms with Crippen molar-refractivity contribution in [1.82, 2.24) is 15.2 Å². The number of rotatable bonds is 4. The Kier molecular flexibility index (Phi) is 5.83. The van der Waals surface area contributed by atoms with Gasteiger partial charge in [0.05, 0.1) is 22.9 Å². The lowest BCUT2D eigenvalue weighted by atomic mass is 9.73. The zero-order valence-corrected chi connectivity index (χ0v) is 16.0. The Hall–Kier alpha value is -1.96. The van der Waals surface area contributed by atoms with Crippen molar-refractivity contribution in [2.75, 3.05) is 26.2 Å². The summed E-state index contributed by atoms with van der Waals surface area (Å²) in [6.07, 6.45) is 8.02. The topological polar surface area (TPSA) is 94.9 Å². The molecule has 7 heteroatoms. The van der Waals surface area contributed by atoms with Crippen molar-refractivity contribution >= 4 is 5.91 Å². The molecule has 0 aromatic carbocycles. The highest BCUT2D eigenvalue weighted by atomic mass is 16.5. The SMILES string of the molecule is C/C=C/CN1CCC2(CC1)OCC[C@@](C)(NC(=O)c1cncc(O)c1)[C@@H]2O. The Bertz CT molecular complexity index is 700. The second-order valence-electron chi connectivity index (χ2n) is 7.74. The van der Waals surface area contributed by atoms with Gasteiger partial charge in [0, 0.05) is 32.4 Å². The smallest absolute Gasteiger partial charge is 0.253 e. The van der Waals surface area contributed by atoms with Crippen LogP contribution in [0.1, 0.15) is 43.5 Å². The number of aliphatic hydroxyl groups is 1. The number of amides is 1. The zero-order valence-electron chi connectivity index (χ0n) is 16.0. The Balaban J connectivity index is 1.70. The van der Waals surface area contributed by atoms with Gasteiger partial charge in [0.1, 0.15) is 11.9 Å². The molecular weight excluding hydrogens is 346 g/mol. The normalized spacial score (nSPS) is 28.5. The molecule has 1 spiro atoms. The van der Waals surface area contributed by atoms with Crippen molar-refractivity contribution in [1.29, 1.82) is 0 Å². The number of likely N-dealkylation sites (tertiary alicyclic amines) is 1. The molecular formula is C20H29N3O4. The summed E-state index contributed by atoms with van der Waals surface area (Å²) in [6, 6.07) is 1.37. The first-order valence-corrected chi connectivity index (χ1v) is 9.51. The Morgan fingerprint density at radius 3 is 2.81 bits per heavy atom. The van der Waals surface area contributed by atoms with Crippen molar-refractivity contribution < 1.29 is 19.7 Å². The summed E-state index contributed by atoms with van der Waals surface area (Å²) < 4.78 is 6.08. The van der Waals surface area contributed by atoms with Gasteiger partial charge in [-0.25, -0.2) is 0 Å². The maximum absolute atomic E-state index is 12.6. The van der Waals surface area contributed by atoms with Crippen LogP contribution in [0.2, 0.25) is 0 Å². The van der Waals surface area contributed by atoms with E-state index in [4.69, 9.17) is 4.74 Å². The highest BCUT2D eigenvalue weighted by molar-refractivity contribution is 5.94. The highest BCUT2D eigenvalue weighted by Crippen LogP contribution is 2.40. The number of aromatic hydroxyl groups is 1. The van der Waals surface area contributed by atoms with Crippen LogP contribution in [0, 0.1) is 0 Å². The molecule has 3 N–H and O–H groups in total. The molecule has 0 aliphatic carbocycles. The molecule has 1 aromatic rings. The lowest BCUT2D eigenvalue weighted by Gasteiger charge is -2.53. The summed E-state index contributed by atoms with van der Waals surface area (Å²) in [7, 11) is 0. The largest absolute Gasteiger partial charge is 0.506 e. The minimum Gasteiger partial charge on any atom is -0.506 e. The first-order valence-electron chi connectivity index (χ1n) is 9.51. The summed E-state index contributed by atoms with van der Waals surface area (Å²) in [5.74, 6) is -0.423. The van der Waals surface area contributed by atoms with Gasteiger partial charge in [-0.15, -0.1) is 0 Å². The van der Waals surface area contributed by atoms with E-state index in [9.17, 15) is 15.0 Å². The minimum absolute atomic E-state index is 0.0645. The van der Waals surface area contributed by atoms with Crippen LogP contribution in [0.3, 0.4) is 0 Å². The zero-order chi connectivity index (χ0) is 19.5. The third-order valence-electron chi connectivity index (χ3n) is 5.80. The molecule has 3 heterocycles. The monoisotopic (exact) mass is 375 g/mol. The van der Waals surface area contributed by atoms with Crippen LogP contribution in [0.25, 0.3) is 0 Å². The number of hydrogen-bond donors (Lipinski definition) is 3. The summed E-state index contributed by atoms with van der Waals surface area (Å²) in [4.78, 5) is 18.8. The average molecular weight is 375 g/mol. The number of aliphatic hydroxyl groups excluding tert-OH is 1. The summed E-state index contributed by atoms with van der Waals surface area (Å²) in [6.45, 7) is 6.96. The van der Waals surface area contributed by atoms with Crippen LogP contribution >= 0.6 is 0 Å². The molecule has 2 fully saturated rings. The number of ether oxygens (including phenoxy) is 1. The van der Waals surface area contributed by atoms with Crippen molar-refractivity contribution in [2.24, 2.45) is 0 Å². The molecule has 1 aromatic heterocycles. The third kappa shape index (κ3) is 4.15. The van der Waals surface area contributed by atoms with Gasteiger partial charge in [0.25, 0.3) is 5.91 Å². The summed E-state index contributed by atoms with van der Waals surface area (Å²) in [5.41, 5.74) is -1.17. The van der Waals surface area contributed by atoms with Gasteiger partial charge >= 0.3 is 0 Å². The lowest BCUT2D eigenvalue weighted by molar-refractivity contribution is -0.205. The molecule has 0 saturated carbocycles. The number of carbonyl (C=O) groups excluding carboxylic acids is 1. The van der Waals surface area contributed by atoms with Crippen LogP contribution in [-0.4, -0.2) is 69.5 Å². The molecule has 7 nitrogen and oxygen atoms in total. The number of aromatic nitrogens is 1. The van der Waals surface area contributed by atoms with Crippen LogP contribution in [0.4, 0.5) is 0 Å². The standard InChI is InChI=1S/C20H29N3O4/c1-3-4-8-23-9-5-20(6-10-23)18(26)19(2,7-11-27-20)22-17(25)15-12-16(24)14-21-13-15/h3-4,12-14,18,24,26H,5-11H2,1-2H3,(H,22,25)/b4-3+/t18-,19+/m0/s1. The molecule has 1 amide bonds. The number of nitrogens with one attached hydrogen (secondary N) is 1. The van der Waals surface area contributed by atoms with E-state index in [1.165, 1.54) is 18.5 Å². The predicted octanol–water partition coefficient (Wildman–Crippen LogP) is 1.47. The van der Waals surface area contributed by atoms with Gasteiger partial charge in [0.15, 0.2) is 0 Å². The minimum atomic E-state index is -0.808. The van der Waals surface area contributed by atoms with Crippen molar-refractivity contribution in [2.45, 2.75) is 50.4 Å². The van der Waals surface area contributed by atoms with Gasteiger partial charge in [-0.2, -0.15) is 0 Å². The van der Waals surface area contributed by atoms with E-state index < -0.39 is 17.2 Å². The van der Waals surface area contributed by atoms with E-state index in [2.05, 4.69) is 21.3 Å². The average Bonchev–Trinajstić information content (AvgIpc) is 2.66. The van der Waals surface area contributed by atoms with Crippen LogP contribution < -0.4 is 5.32 Å². The van der Waals surface area contributed by atoms with Crippen LogP contribution in [0.15, 0.2) is 30.6 Å². The second kappa shape index (κ2) is 7.96. The number of nitrogens with zero attached hydrogens (tertiary/aromatic N) is 2. The van der Waals surface area contributed by atoms with Crippen molar-refractivity contribution in [3.8, 4) is 5.75 Å². The Labute approximate surface area is 160 Å². The van der Waals surface area contributed by atoms with Gasteiger partial charge in [-0.1, -0.05) is 12.2 Å². The fourth-order valence-electron chi connectivity index (χ4n) is 4.06. The summed E-state index contributed by atoms with van der Waals surface area (Å²) >= 11 is 0. The number of hydrogen-bond acceptors (Lipinski definition) is 6. The van der Waals surface area contributed by atoms with Gasteiger partial charge in [0.2, 0.25) is 0 Å². The molecule has 0 unspecified atom stereocenters. The second-order valence-corrected chi connectivity index (χ2v) is 7.74. The molecule has 2 aliphatic rings. The first kappa shape index (κ1) is 19.8. The molecule has 2 atom stereocenters. The summed E-state index contributed by atoms with van der Waals surface area (Å²) in [5, 5.41) is 23.7. The maximum Gasteiger partial charge on any atom is 0.253 e. The first-order chi connectivity index (χ1) is 12.9. The molecule has 3 rings (SSSR count). The number of carbonyl (C=O) groups is 1. The van der Waals surface area contributed by atoms with Crippen LogP contribution in [-0.2, 0) is 4.74 Å². The molecule has 2 saturated heterocycles. The van der Waals surface area contributed by atoms with E-state index in [1.807, 2.05) is 19.9 Å². The molecule has 148 valence electrons. The predicted molar refractivity (Wildman–Crippen MR) is 102 cm³/mol. The van der Waals surface area contributed by atoms with Crippen molar-refractivity contribution in [3.63, 3.8) is 0 Å². The van der Waals surface area contributed by atoms with E-state index in [-0.39, 0.29) is 17.2 Å². The molecule has 0 bridgehead atoms. The quantitative estimate of drug-likeness (QED) is 0.690. The lowest BCUT2D eigenvalue weighted by Crippen LogP contribution is -2.69. The van der Waals surface area contributed by atoms with Gasteiger partial charge in [-0.05, 0) is 39.2 Å². The fourth-order valence-corrected chi connectivity index (χ4v) is 4.06. The third-order valence-corrected chi connectivity index (χ3v) is 5.80. The highest BCUT2D eigenvalue weighted by Gasteiger charge is 2.53. The van der Waals surface area contributed by atoms with Gasteiger partial charge in [-0.3, -0.25) is 14.7 Å². The molecule has 2 aliphatic heterocycles. The van der Waals surface area contributed by atoms with Gasteiger partial charge < -0.3 is 20.3 Å². The van der Waals surface area contributed by atoms with E-state index in [1.54, 1.807) is 0 Å². The molecule has 0 radical (unpaired) electrons. The van der Waals surface area contributed by atoms with E-state index in [0.29, 0.717) is 13.0 Å². The van der Waals surface area contributed by atoms with Crippen molar-refractivity contribution in [3.05, 3.63) is 36.2 Å². The van der Waals surface area contributed by atoms with E-state index in [0.717, 1.165) is 32.5 Å². The molecule has 27 heavy (non-hydrogen) atoms. The number of pyridine rings is 1. The number of allylic oxidation sites excluding steroid dienone is 1. The van der Waals surface area contributed by atoms with E-state index >= 15 is 0 Å². The maximum atomic E-state index is 12.6. The Morgan fingerprint density at radius 2 is 2.15 bits per heavy atom. The number of piperidine rings is 1. The van der Waals surface area contributed by atoms with Crippen LogP contribution in [0.5, 0.6) is 5.75 Å². The fraction of sp³-hybridized carbons (Fsp3) is 0.600. The Morgan fingerprint density at radius 1 is 1.41 bits per heavy atom.